The molecule has 12 nitrogen and oxygen atoms in total. The molecule has 0 aromatic carbocycles. The molecule has 2 aliphatic rings. The molecule has 2 aliphatic heterocycles. The summed E-state index contributed by atoms with van der Waals surface area (Å²) in [5, 5.41) is 36.5. The fourth-order valence-electron chi connectivity index (χ4n) is 2.98. The zero-order valence-electron chi connectivity index (χ0n) is 16.3. The van der Waals surface area contributed by atoms with Crippen LogP contribution < -0.4 is 34.7 Å². The van der Waals surface area contributed by atoms with Gasteiger partial charge in [0.1, 0.15) is 16.8 Å². The molecule has 0 bridgehead atoms. The summed E-state index contributed by atoms with van der Waals surface area (Å²) in [5.41, 5.74) is 0.499. The standard InChI is InChI=1S/C15H14ClN7O5S2.Na/c1-22-15(18-20-21-22)30-5-6-4-29-13-10(12(25)23(13)11(6)14(26)27)17-9(24)3-7-2-8(16)19-28-7;/h2,10,13H,3-5H2,1H3,(H,17,24)(H,26,27);/q;+1/p-1/t10-,13-;/m1./s1. The summed E-state index contributed by atoms with van der Waals surface area (Å²) in [6.45, 7) is 0. The van der Waals surface area contributed by atoms with Crippen molar-refractivity contribution in [1.82, 2.24) is 30.3 Å². The van der Waals surface area contributed by atoms with Crippen molar-refractivity contribution in [3.05, 3.63) is 28.2 Å². The second-order valence-electron chi connectivity index (χ2n) is 6.30. The number of carboxylic acids is 1. The van der Waals surface area contributed by atoms with E-state index in [1.807, 2.05) is 0 Å². The number of nitrogens with zero attached hydrogens (tertiary/aromatic N) is 7. The zero-order chi connectivity index (χ0) is 21.4. The van der Waals surface area contributed by atoms with E-state index in [1.165, 1.54) is 39.2 Å². The van der Waals surface area contributed by atoms with E-state index < -0.39 is 29.2 Å². The molecule has 1 saturated heterocycles. The predicted molar refractivity (Wildman–Crippen MR) is 104 cm³/mol. The molecule has 158 valence electrons. The Kier molecular flexibility index (Phi) is 7.70. The molecule has 2 aromatic rings. The third-order valence-corrected chi connectivity index (χ3v) is 6.92. The number of carbonyl (C=O) groups is 2. The van der Waals surface area contributed by atoms with Crippen LogP contribution in [-0.4, -0.2) is 76.1 Å². The van der Waals surface area contributed by atoms with Gasteiger partial charge in [-0.1, -0.05) is 28.5 Å². The minimum Gasteiger partial charge on any atom is -0.862 e. The molecule has 0 saturated carbocycles. The number of aliphatic carboxylic acids is 1. The quantitative estimate of drug-likeness (QED) is 0.134. The van der Waals surface area contributed by atoms with Gasteiger partial charge in [-0.15, -0.1) is 16.9 Å². The summed E-state index contributed by atoms with van der Waals surface area (Å²) in [5.74, 6) is -1.38. The first-order valence-corrected chi connectivity index (χ1v) is 10.9. The van der Waals surface area contributed by atoms with Crippen molar-refractivity contribution in [3.8, 4) is 0 Å². The molecular weight excluding hydrogens is 481 g/mol. The van der Waals surface area contributed by atoms with Crippen molar-refractivity contribution < 1.29 is 53.9 Å². The number of aromatic nitrogens is 5. The van der Waals surface area contributed by atoms with E-state index in [1.54, 1.807) is 7.05 Å². The minimum absolute atomic E-state index is 0. The Morgan fingerprint density at radius 3 is 2.94 bits per heavy atom. The van der Waals surface area contributed by atoms with E-state index in [0.29, 0.717) is 22.2 Å². The summed E-state index contributed by atoms with van der Waals surface area (Å²) < 4.78 is 6.34. The second kappa shape index (κ2) is 9.92. The van der Waals surface area contributed by atoms with E-state index >= 15 is 0 Å². The molecule has 2 aromatic heterocycles. The molecule has 0 spiro atoms. The number of rotatable bonds is 7. The summed E-state index contributed by atoms with van der Waals surface area (Å²) in [6, 6.07) is 0.452. The van der Waals surface area contributed by atoms with Gasteiger partial charge < -0.3 is 14.7 Å². The van der Waals surface area contributed by atoms with Gasteiger partial charge in [0.2, 0.25) is 5.16 Å². The van der Waals surface area contributed by atoms with Gasteiger partial charge in [0.05, 0.1) is 0 Å². The van der Waals surface area contributed by atoms with Crippen molar-refractivity contribution >= 4 is 52.9 Å². The number of aryl methyl sites for hydroxylation is 1. The topological polar surface area (TPSA) is 163 Å². The van der Waals surface area contributed by atoms with Gasteiger partial charge >= 0.3 is 35.5 Å². The molecular formula is C15H13ClN7NaO5S2. The Morgan fingerprint density at radius 1 is 1.55 bits per heavy atom. The monoisotopic (exact) mass is 493 g/mol. The van der Waals surface area contributed by atoms with E-state index in [2.05, 4.69) is 25.7 Å². The summed E-state index contributed by atoms with van der Waals surface area (Å²) in [6.07, 6.45) is -0.184. The Labute approximate surface area is 210 Å². The third-order valence-electron chi connectivity index (χ3n) is 4.32. The Hall–Kier alpha value is -1.58. The van der Waals surface area contributed by atoms with E-state index in [9.17, 15) is 19.8 Å². The van der Waals surface area contributed by atoms with Gasteiger partial charge in [-0.25, -0.2) is 9.48 Å². The van der Waals surface area contributed by atoms with Crippen LogP contribution >= 0.6 is 35.1 Å². The van der Waals surface area contributed by atoms with Crippen LogP contribution in [0.3, 0.4) is 0 Å². The first-order chi connectivity index (χ1) is 14.3. The maximum absolute atomic E-state index is 12.6. The zero-order valence-corrected chi connectivity index (χ0v) is 20.6. The van der Waals surface area contributed by atoms with Crippen LogP contribution in [0.15, 0.2) is 32.0 Å². The molecule has 31 heavy (non-hydrogen) atoms. The molecule has 1 N–H and O–H groups in total. The molecule has 0 aliphatic carbocycles. The van der Waals surface area contributed by atoms with Crippen molar-refractivity contribution in [1.29, 1.82) is 0 Å². The van der Waals surface area contributed by atoms with Crippen LogP contribution in [0.2, 0.25) is 5.15 Å². The van der Waals surface area contributed by atoms with Crippen LogP contribution in [0.1, 0.15) is 5.76 Å². The Morgan fingerprint density at radius 2 is 2.32 bits per heavy atom. The fraction of sp³-hybridized carbons (Fsp3) is 0.400. The number of aliphatic imine (C=N–C) groups is 1. The van der Waals surface area contributed by atoms with Gasteiger partial charge in [0.15, 0.2) is 11.2 Å². The molecule has 1 fully saturated rings. The van der Waals surface area contributed by atoms with Gasteiger partial charge in [-0.3, -0.25) is 14.7 Å². The number of fused-ring (bicyclic) bond motifs is 1. The van der Waals surface area contributed by atoms with E-state index in [4.69, 9.17) is 16.1 Å². The van der Waals surface area contributed by atoms with Crippen molar-refractivity contribution in [2.75, 3.05) is 11.5 Å². The number of thioether (sulfide) groups is 2. The van der Waals surface area contributed by atoms with Crippen LogP contribution in [0.4, 0.5) is 0 Å². The number of β-lactam (4-membered cyclic amide) rings is 1. The number of amides is 1. The average Bonchev–Trinajstić information content (AvgIpc) is 3.31. The molecule has 1 amide bonds. The molecule has 16 heteroatoms. The first kappa shape index (κ1) is 24.1. The van der Waals surface area contributed by atoms with Gasteiger partial charge in [-0.2, -0.15) is 0 Å². The predicted octanol–water partition coefficient (Wildman–Crippen LogP) is -3.43. The van der Waals surface area contributed by atoms with Crippen LogP contribution in [0.25, 0.3) is 0 Å². The van der Waals surface area contributed by atoms with E-state index in [0.717, 1.165) is 0 Å². The molecule has 0 unspecified atom stereocenters. The van der Waals surface area contributed by atoms with Crippen molar-refractivity contribution in [3.63, 3.8) is 0 Å². The number of hydrogen-bond donors (Lipinski definition) is 1. The molecule has 4 rings (SSSR count). The smallest absolute Gasteiger partial charge is 0.862 e. The summed E-state index contributed by atoms with van der Waals surface area (Å²) in [7, 11) is 1.68. The largest absolute Gasteiger partial charge is 1.00 e. The average molecular weight is 494 g/mol. The maximum Gasteiger partial charge on any atom is 1.00 e. The summed E-state index contributed by atoms with van der Waals surface area (Å²) in [4.78, 5) is 29.6. The molecule has 0 radical (unpaired) electrons. The Balaban J connectivity index is 0.00000272. The number of carboxylic acid groups (broad SMARTS) is 1. The third kappa shape index (κ3) is 4.93. The molecule has 2 atom stereocenters. The van der Waals surface area contributed by atoms with Gasteiger partial charge in [0.25, 0.3) is 5.91 Å². The number of carbonyl (C=O) groups excluding carboxylic acids is 1. The van der Waals surface area contributed by atoms with Crippen molar-refractivity contribution in [2.24, 2.45) is 12.0 Å². The van der Waals surface area contributed by atoms with E-state index in [-0.39, 0.29) is 52.6 Å². The Bertz CT molecular complexity index is 1070. The first-order valence-electron chi connectivity index (χ1n) is 8.45. The van der Waals surface area contributed by atoms with Crippen LogP contribution in [-0.2, 0) is 23.1 Å². The number of halogens is 1. The maximum atomic E-state index is 12.6. The number of tetrazole rings is 1. The molecule has 4 heterocycles. The minimum atomic E-state index is -1.21. The SMILES string of the molecule is Cn1nnnc1SCC1=C(C(=O)O)N2C(=O)[C@@H](N=C([O-])Cc3cc(Cl)no3)[C@H]2SC1.[Na+]. The summed E-state index contributed by atoms with van der Waals surface area (Å²) >= 11 is 8.27. The van der Waals surface area contributed by atoms with Gasteiger partial charge in [-0.05, 0) is 21.9 Å². The van der Waals surface area contributed by atoms with Gasteiger partial charge in [0, 0.05) is 31.0 Å². The fourth-order valence-corrected chi connectivity index (χ4v) is 5.45. The van der Waals surface area contributed by atoms with Crippen LogP contribution in [0, 0.1) is 0 Å². The normalized spacial score (nSPS) is 20.9. The second-order valence-corrected chi connectivity index (χ2v) is 8.74. The van der Waals surface area contributed by atoms with Crippen molar-refractivity contribution in [2.45, 2.75) is 23.0 Å². The number of hydrogen-bond acceptors (Lipinski definition) is 11. The van der Waals surface area contributed by atoms with Crippen LogP contribution in [0.5, 0.6) is 0 Å².